The van der Waals surface area contributed by atoms with Gasteiger partial charge in [-0.15, -0.1) is 0 Å². The number of nitrogens with zero attached hydrogens (tertiary/aromatic N) is 2. The lowest BCUT2D eigenvalue weighted by atomic mass is 10.3. The molecule has 5 heteroatoms. The fraction of sp³-hybridized carbons (Fsp3) is 0.889. The van der Waals surface area contributed by atoms with Crippen LogP contribution in [0.1, 0.15) is 6.42 Å². The van der Waals surface area contributed by atoms with Crippen LogP contribution >= 0.6 is 15.9 Å². The second kappa shape index (κ2) is 9.41. The molecule has 0 aromatic rings. The molecule has 1 atom stereocenters. The van der Waals surface area contributed by atoms with E-state index in [2.05, 4.69) is 22.0 Å². The van der Waals surface area contributed by atoms with Crippen LogP contribution in [0.5, 0.6) is 0 Å². The molecule has 82 valence electrons. The van der Waals surface area contributed by atoms with Crippen LogP contribution < -0.4 is 0 Å². The van der Waals surface area contributed by atoms with Gasteiger partial charge >= 0.3 is 0 Å². The number of hydrogen-bond donors (Lipinski definition) is 1. The number of halogens is 1. The SMILES string of the molecule is COCCN(CCC#N)CC(O)CBr. The molecule has 0 aliphatic rings. The van der Waals surface area contributed by atoms with Crippen LogP contribution in [0.15, 0.2) is 0 Å². The van der Waals surface area contributed by atoms with Gasteiger partial charge in [0.2, 0.25) is 0 Å². The molecule has 0 spiro atoms. The summed E-state index contributed by atoms with van der Waals surface area (Å²) in [5.41, 5.74) is 0. The van der Waals surface area contributed by atoms with Crippen LogP contribution in [0.4, 0.5) is 0 Å². The Balaban J connectivity index is 3.78. The number of ether oxygens (including phenoxy) is 1. The Morgan fingerprint density at radius 3 is 2.79 bits per heavy atom. The Kier molecular flexibility index (Phi) is 9.31. The van der Waals surface area contributed by atoms with Crippen molar-refractivity contribution in [1.29, 1.82) is 5.26 Å². The maximum absolute atomic E-state index is 9.41. The van der Waals surface area contributed by atoms with Gasteiger partial charge in [-0.1, -0.05) is 15.9 Å². The van der Waals surface area contributed by atoms with Gasteiger partial charge in [0.15, 0.2) is 0 Å². The molecule has 14 heavy (non-hydrogen) atoms. The summed E-state index contributed by atoms with van der Waals surface area (Å²) in [4.78, 5) is 2.03. The van der Waals surface area contributed by atoms with Gasteiger partial charge in [-0.3, -0.25) is 4.90 Å². The molecule has 4 nitrogen and oxygen atoms in total. The summed E-state index contributed by atoms with van der Waals surface area (Å²) in [6, 6.07) is 2.09. The van der Waals surface area contributed by atoms with Crippen molar-refractivity contribution in [3.8, 4) is 6.07 Å². The average molecular weight is 265 g/mol. The molecule has 1 N–H and O–H groups in total. The fourth-order valence-corrected chi connectivity index (χ4v) is 1.27. The second-order valence-corrected chi connectivity index (χ2v) is 3.66. The third-order valence-electron chi connectivity index (χ3n) is 1.80. The maximum Gasteiger partial charge on any atom is 0.0763 e. The minimum Gasteiger partial charge on any atom is -0.391 e. The summed E-state index contributed by atoms with van der Waals surface area (Å²) in [5.74, 6) is 0. The van der Waals surface area contributed by atoms with E-state index < -0.39 is 0 Å². The van der Waals surface area contributed by atoms with Crippen LogP contribution in [0, 0.1) is 11.3 Å². The minimum atomic E-state index is -0.384. The summed E-state index contributed by atoms with van der Waals surface area (Å²) >= 11 is 3.21. The molecular formula is C9H17BrN2O2. The highest BCUT2D eigenvalue weighted by Gasteiger charge is 2.09. The standard InChI is InChI=1S/C9H17BrN2O2/c1-14-6-5-12(4-2-3-11)8-9(13)7-10/h9,13H,2,4-8H2,1H3. The van der Waals surface area contributed by atoms with Crippen molar-refractivity contribution in [3.63, 3.8) is 0 Å². The highest BCUT2D eigenvalue weighted by Crippen LogP contribution is 1.97. The Morgan fingerprint density at radius 2 is 2.29 bits per heavy atom. The number of methoxy groups -OCH3 is 1. The molecule has 0 rings (SSSR count). The first-order chi connectivity index (χ1) is 6.74. The lowest BCUT2D eigenvalue weighted by Gasteiger charge is -2.22. The first-order valence-corrected chi connectivity index (χ1v) is 5.69. The third-order valence-corrected chi connectivity index (χ3v) is 2.55. The number of hydrogen-bond acceptors (Lipinski definition) is 4. The Morgan fingerprint density at radius 1 is 1.57 bits per heavy atom. The largest absolute Gasteiger partial charge is 0.391 e. The van der Waals surface area contributed by atoms with Gasteiger partial charge in [-0.05, 0) is 0 Å². The van der Waals surface area contributed by atoms with Crippen molar-refractivity contribution < 1.29 is 9.84 Å². The average Bonchev–Trinajstić information content (AvgIpc) is 2.21. The molecule has 0 aromatic heterocycles. The molecule has 0 fully saturated rings. The van der Waals surface area contributed by atoms with Crippen LogP contribution in [-0.2, 0) is 4.74 Å². The van der Waals surface area contributed by atoms with Gasteiger partial charge in [0.05, 0.1) is 18.8 Å². The summed E-state index contributed by atoms with van der Waals surface area (Å²) in [6.07, 6.45) is 0.101. The van der Waals surface area contributed by atoms with E-state index in [-0.39, 0.29) is 6.10 Å². The number of nitriles is 1. The van der Waals surface area contributed by atoms with E-state index in [1.54, 1.807) is 7.11 Å². The van der Waals surface area contributed by atoms with E-state index in [1.165, 1.54) is 0 Å². The summed E-state index contributed by atoms with van der Waals surface area (Å²) in [5, 5.41) is 18.4. The van der Waals surface area contributed by atoms with E-state index in [4.69, 9.17) is 10.00 Å². The van der Waals surface area contributed by atoms with Crippen LogP contribution in [0.2, 0.25) is 0 Å². The predicted octanol–water partition coefficient (Wildman–Crippen LogP) is 0.604. The fourth-order valence-electron chi connectivity index (χ4n) is 1.07. The predicted molar refractivity (Wildman–Crippen MR) is 58.3 cm³/mol. The summed E-state index contributed by atoms with van der Waals surface area (Å²) in [7, 11) is 1.64. The smallest absolute Gasteiger partial charge is 0.0763 e. The molecule has 0 saturated carbocycles. The first kappa shape index (κ1) is 13.8. The molecule has 0 aliphatic carbocycles. The molecular weight excluding hydrogens is 248 g/mol. The Bertz CT molecular complexity index is 173. The Hall–Kier alpha value is -0.150. The molecule has 0 saturated heterocycles. The first-order valence-electron chi connectivity index (χ1n) is 4.56. The van der Waals surface area contributed by atoms with Gasteiger partial charge in [0.1, 0.15) is 0 Å². The van der Waals surface area contributed by atoms with E-state index in [0.29, 0.717) is 31.4 Å². The zero-order valence-corrected chi connectivity index (χ0v) is 10.0. The van der Waals surface area contributed by atoms with E-state index in [1.807, 2.05) is 4.90 Å². The maximum atomic E-state index is 9.41. The summed E-state index contributed by atoms with van der Waals surface area (Å²) < 4.78 is 4.95. The van der Waals surface area contributed by atoms with Gasteiger partial charge in [0, 0.05) is 38.5 Å². The monoisotopic (exact) mass is 264 g/mol. The molecule has 0 bridgehead atoms. The molecule has 0 aromatic carbocycles. The van der Waals surface area contributed by atoms with Crippen molar-refractivity contribution in [2.24, 2.45) is 0 Å². The van der Waals surface area contributed by atoms with Gasteiger partial charge in [-0.2, -0.15) is 5.26 Å². The van der Waals surface area contributed by atoms with Crippen LogP contribution in [-0.4, -0.2) is 54.8 Å². The lowest BCUT2D eigenvalue weighted by molar-refractivity contribution is 0.102. The zero-order valence-electron chi connectivity index (χ0n) is 8.45. The Labute approximate surface area is 93.6 Å². The molecule has 1 unspecified atom stereocenters. The van der Waals surface area contributed by atoms with Gasteiger partial charge < -0.3 is 9.84 Å². The second-order valence-electron chi connectivity index (χ2n) is 3.01. The molecule has 0 aliphatic heterocycles. The number of aliphatic hydroxyl groups excluding tert-OH is 1. The van der Waals surface area contributed by atoms with Crippen molar-refractivity contribution in [2.75, 3.05) is 38.7 Å². The zero-order chi connectivity index (χ0) is 10.8. The topological polar surface area (TPSA) is 56.5 Å². The lowest BCUT2D eigenvalue weighted by Crippen LogP contribution is -2.36. The van der Waals surface area contributed by atoms with Crippen LogP contribution in [0.25, 0.3) is 0 Å². The molecule has 0 radical (unpaired) electrons. The van der Waals surface area contributed by atoms with E-state index >= 15 is 0 Å². The number of rotatable bonds is 8. The van der Waals surface area contributed by atoms with Crippen molar-refractivity contribution in [1.82, 2.24) is 4.90 Å². The molecule has 0 amide bonds. The highest BCUT2D eigenvalue weighted by molar-refractivity contribution is 9.09. The summed E-state index contributed by atoms with van der Waals surface area (Å²) in [6.45, 7) is 2.64. The number of aliphatic hydroxyl groups is 1. The van der Waals surface area contributed by atoms with Crippen LogP contribution in [0.3, 0.4) is 0 Å². The minimum absolute atomic E-state index is 0.384. The number of alkyl halides is 1. The van der Waals surface area contributed by atoms with Gasteiger partial charge in [0.25, 0.3) is 0 Å². The normalized spacial score (nSPS) is 12.8. The van der Waals surface area contributed by atoms with E-state index in [0.717, 1.165) is 6.54 Å². The van der Waals surface area contributed by atoms with Gasteiger partial charge in [-0.25, -0.2) is 0 Å². The van der Waals surface area contributed by atoms with E-state index in [9.17, 15) is 5.11 Å². The van der Waals surface area contributed by atoms with Crippen molar-refractivity contribution >= 4 is 15.9 Å². The van der Waals surface area contributed by atoms with Crippen molar-refractivity contribution in [3.05, 3.63) is 0 Å². The quantitative estimate of drug-likeness (QED) is 0.653. The highest BCUT2D eigenvalue weighted by atomic mass is 79.9. The molecule has 0 heterocycles. The third kappa shape index (κ3) is 7.27. The van der Waals surface area contributed by atoms with Crippen molar-refractivity contribution in [2.45, 2.75) is 12.5 Å².